The predicted molar refractivity (Wildman–Crippen MR) is 54.3 cm³/mol. The largest absolute Gasteiger partial charge is 0.465 e. The number of hydrogen-bond acceptors (Lipinski definition) is 4. The van der Waals surface area contributed by atoms with Crippen molar-refractivity contribution in [3.05, 3.63) is 0 Å². The molecular formula is C11H17NO3. The molecule has 2 aliphatic heterocycles. The van der Waals surface area contributed by atoms with Crippen molar-refractivity contribution in [1.82, 2.24) is 4.90 Å². The van der Waals surface area contributed by atoms with Crippen molar-refractivity contribution in [2.45, 2.75) is 19.8 Å². The lowest BCUT2D eigenvalue weighted by molar-refractivity contribution is -0.156. The van der Waals surface area contributed by atoms with Gasteiger partial charge in [-0.1, -0.05) is 0 Å². The maximum Gasteiger partial charge on any atom is 0.317 e. The Labute approximate surface area is 89.6 Å². The highest BCUT2D eigenvalue weighted by molar-refractivity contribution is 6.01. The van der Waals surface area contributed by atoms with E-state index in [4.69, 9.17) is 4.74 Å². The van der Waals surface area contributed by atoms with Gasteiger partial charge in [0.2, 0.25) is 0 Å². The second-order valence-corrected chi connectivity index (χ2v) is 4.31. The maximum atomic E-state index is 11.9. The molecule has 0 spiro atoms. The number of ether oxygens (including phenoxy) is 1. The van der Waals surface area contributed by atoms with Crippen LogP contribution in [0.15, 0.2) is 0 Å². The Balaban J connectivity index is 2.06. The van der Waals surface area contributed by atoms with Crippen molar-refractivity contribution in [1.29, 1.82) is 0 Å². The summed E-state index contributed by atoms with van der Waals surface area (Å²) in [6.45, 7) is 4.54. The van der Waals surface area contributed by atoms with E-state index in [-0.39, 0.29) is 17.7 Å². The molecular weight excluding hydrogens is 194 g/mol. The molecule has 4 nitrogen and oxygen atoms in total. The first-order valence-electron chi connectivity index (χ1n) is 5.65. The third-order valence-electron chi connectivity index (χ3n) is 3.26. The van der Waals surface area contributed by atoms with E-state index < -0.39 is 5.92 Å². The molecule has 2 aliphatic rings. The summed E-state index contributed by atoms with van der Waals surface area (Å²) in [5.41, 5.74) is 0. The van der Waals surface area contributed by atoms with Gasteiger partial charge in [-0.15, -0.1) is 0 Å². The lowest BCUT2D eigenvalue weighted by Gasteiger charge is -2.39. The molecule has 1 unspecified atom stereocenters. The van der Waals surface area contributed by atoms with Crippen LogP contribution in [0.3, 0.4) is 0 Å². The zero-order valence-electron chi connectivity index (χ0n) is 9.07. The molecule has 0 aromatic heterocycles. The number of carbonyl (C=O) groups excluding carboxylic acids is 2. The van der Waals surface area contributed by atoms with Crippen LogP contribution in [0.5, 0.6) is 0 Å². The minimum Gasteiger partial charge on any atom is -0.465 e. The first-order valence-corrected chi connectivity index (χ1v) is 5.65. The zero-order chi connectivity index (χ0) is 10.8. The van der Waals surface area contributed by atoms with Crippen molar-refractivity contribution >= 4 is 11.8 Å². The Bertz CT molecular complexity index is 277. The summed E-state index contributed by atoms with van der Waals surface area (Å²) < 4.78 is 4.93. The van der Waals surface area contributed by atoms with Crippen molar-refractivity contribution in [3.63, 3.8) is 0 Å². The zero-order valence-corrected chi connectivity index (χ0v) is 9.07. The second kappa shape index (κ2) is 4.31. The van der Waals surface area contributed by atoms with E-state index in [2.05, 4.69) is 4.90 Å². The Kier molecular flexibility index (Phi) is 3.05. The molecule has 0 radical (unpaired) electrons. The fraction of sp³-hybridized carbons (Fsp3) is 0.818. The average Bonchev–Trinajstić information content (AvgIpc) is 2.24. The van der Waals surface area contributed by atoms with Gasteiger partial charge in [-0.3, -0.25) is 9.59 Å². The molecule has 2 fully saturated rings. The smallest absolute Gasteiger partial charge is 0.317 e. The highest BCUT2D eigenvalue weighted by Gasteiger charge is 2.41. The first-order chi connectivity index (χ1) is 7.22. The normalized spacial score (nSPS) is 35.0. The average molecular weight is 211 g/mol. The molecule has 2 heterocycles. The van der Waals surface area contributed by atoms with Crippen LogP contribution >= 0.6 is 0 Å². The van der Waals surface area contributed by atoms with Gasteiger partial charge in [0.1, 0.15) is 5.92 Å². The molecule has 0 aromatic rings. The van der Waals surface area contributed by atoms with E-state index in [1.54, 1.807) is 6.92 Å². The van der Waals surface area contributed by atoms with Crippen LogP contribution in [0.25, 0.3) is 0 Å². The van der Waals surface area contributed by atoms with Gasteiger partial charge in [-0.2, -0.15) is 0 Å². The van der Waals surface area contributed by atoms with Crippen molar-refractivity contribution in [2.24, 2.45) is 11.8 Å². The Morgan fingerprint density at radius 1 is 1.53 bits per heavy atom. The molecule has 0 saturated carbocycles. The van der Waals surface area contributed by atoms with E-state index in [0.29, 0.717) is 13.2 Å². The molecule has 2 saturated heterocycles. The summed E-state index contributed by atoms with van der Waals surface area (Å²) in [5.74, 6) is -0.686. The fourth-order valence-corrected chi connectivity index (χ4v) is 2.52. The van der Waals surface area contributed by atoms with Crippen LogP contribution < -0.4 is 0 Å². The van der Waals surface area contributed by atoms with Gasteiger partial charge in [-0.25, -0.2) is 0 Å². The number of fused-ring (bicyclic) bond motifs is 2. The molecule has 0 N–H and O–H groups in total. The van der Waals surface area contributed by atoms with E-state index in [1.807, 2.05) is 0 Å². The lowest BCUT2D eigenvalue weighted by atomic mass is 9.82. The summed E-state index contributed by atoms with van der Waals surface area (Å²) in [5, 5.41) is 0. The number of Topliss-reactive ketones (excluding diaryl/α,β-unsaturated/α-hetero) is 1. The third kappa shape index (κ3) is 2.04. The lowest BCUT2D eigenvalue weighted by Crippen LogP contribution is -2.52. The van der Waals surface area contributed by atoms with Gasteiger partial charge in [0.15, 0.2) is 5.78 Å². The molecule has 0 amide bonds. The van der Waals surface area contributed by atoms with Crippen molar-refractivity contribution in [3.8, 4) is 0 Å². The third-order valence-corrected chi connectivity index (χ3v) is 3.26. The summed E-state index contributed by atoms with van der Waals surface area (Å²) in [4.78, 5) is 25.7. The Hall–Kier alpha value is -0.900. The molecule has 2 bridgehead atoms. The van der Waals surface area contributed by atoms with Gasteiger partial charge in [0.25, 0.3) is 0 Å². The molecule has 0 aromatic carbocycles. The summed E-state index contributed by atoms with van der Waals surface area (Å²) in [6, 6.07) is 0. The quantitative estimate of drug-likeness (QED) is 0.492. The second-order valence-electron chi connectivity index (χ2n) is 4.31. The minimum atomic E-state index is -0.524. The predicted octanol–water partition coefficient (Wildman–Crippen LogP) is 0.460. The monoisotopic (exact) mass is 211 g/mol. The fourth-order valence-electron chi connectivity index (χ4n) is 2.52. The number of ketones is 1. The molecule has 84 valence electrons. The van der Waals surface area contributed by atoms with Crippen LogP contribution in [0.2, 0.25) is 0 Å². The molecule has 15 heavy (non-hydrogen) atoms. The van der Waals surface area contributed by atoms with Gasteiger partial charge in [0, 0.05) is 19.0 Å². The van der Waals surface area contributed by atoms with Gasteiger partial charge in [0.05, 0.1) is 6.61 Å². The van der Waals surface area contributed by atoms with Crippen LogP contribution in [0.4, 0.5) is 0 Å². The number of carbonyl (C=O) groups is 2. The standard InChI is InChI=1S/C11H17NO3/c1-2-15-11(14)9-7-12-5-3-4-8(6-12)10(9)13/h8-9H,2-7H2,1H3/t8-,9-/m0/s1. The highest BCUT2D eigenvalue weighted by Crippen LogP contribution is 2.27. The number of piperidine rings is 2. The van der Waals surface area contributed by atoms with E-state index in [0.717, 1.165) is 25.9 Å². The first kappa shape index (κ1) is 10.6. The van der Waals surface area contributed by atoms with Crippen molar-refractivity contribution in [2.75, 3.05) is 26.2 Å². The number of rotatable bonds is 2. The number of nitrogens with zero attached hydrogens (tertiary/aromatic N) is 1. The van der Waals surface area contributed by atoms with Gasteiger partial charge in [-0.05, 0) is 26.3 Å². The molecule has 2 rings (SSSR count). The number of hydrogen-bond donors (Lipinski definition) is 0. The SMILES string of the molecule is CCOC(=O)[C@H]1CN2CCC[C@@H](C2)C1=O. The summed E-state index contributed by atoms with van der Waals surface area (Å²) in [7, 11) is 0. The van der Waals surface area contributed by atoms with Gasteiger partial charge < -0.3 is 9.64 Å². The Morgan fingerprint density at radius 3 is 3.07 bits per heavy atom. The minimum absolute atomic E-state index is 0.0712. The number of esters is 1. The van der Waals surface area contributed by atoms with Crippen LogP contribution in [0.1, 0.15) is 19.8 Å². The maximum absolute atomic E-state index is 11.9. The molecule has 0 aliphatic carbocycles. The van der Waals surface area contributed by atoms with Gasteiger partial charge >= 0.3 is 5.97 Å². The van der Waals surface area contributed by atoms with E-state index >= 15 is 0 Å². The van der Waals surface area contributed by atoms with Crippen LogP contribution in [-0.4, -0.2) is 42.9 Å². The van der Waals surface area contributed by atoms with Crippen LogP contribution in [0, 0.1) is 11.8 Å². The van der Waals surface area contributed by atoms with Crippen LogP contribution in [-0.2, 0) is 14.3 Å². The summed E-state index contributed by atoms with van der Waals surface area (Å²) in [6.07, 6.45) is 2.01. The van der Waals surface area contributed by atoms with E-state index in [9.17, 15) is 9.59 Å². The highest BCUT2D eigenvalue weighted by atomic mass is 16.5. The topological polar surface area (TPSA) is 46.6 Å². The Morgan fingerprint density at radius 2 is 2.33 bits per heavy atom. The summed E-state index contributed by atoms with van der Waals surface area (Å²) >= 11 is 0. The molecule has 4 heteroatoms. The molecule has 3 atom stereocenters. The van der Waals surface area contributed by atoms with Crippen molar-refractivity contribution < 1.29 is 14.3 Å². The van der Waals surface area contributed by atoms with E-state index in [1.165, 1.54) is 0 Å².